The molecule has 3 N–H and O–H groups in total. The quantitative estimate of drug-likeness (QED) is 0.816. The van der Waals surface area contributed by atoms with Gasteiger partial charge in [0.2, 0.25) is 0 Å². The van der Waals surface area contributed by atoms with Gasteiger partial charge in [-0.2, -0.15) is 0 Å². The van der Waals surface area contributed by atoms with Gasteiger partial charge in [-0.25, -0.2) is 0 Å². The van der Waals surface area contributed by atoms with E-state index >= 15 is 0 Å². The van der Waals surface area contributed by atoms with Gasteiger partial charge in [0.15, 0.2) is 0 Å². The van der Waals surface area contributed by atoms with Gasteiger partial charge < -0.3 is 10.8 Å². The first-order chi connectivity index (χ1) is 10.0. The summed E-state index contributed by atoms with van der Waals surface area (Å²) in [6.07, 6.45) is 7.99. The maximum Gasteiger partial charge on any atom is 0.303 e. The van der Waals surface area contributed by atoms with Crippen LogP contribution in [0.3, 0.4) is 0 Å². The average Bonchev–Trinajstić information content (AvgIpc) is 2.86. The number of hydrogen-bond donors (Lipinski definition) is 2. The number of rotatable bonds is 5. The van der Waals surface area contributed by atoms with Crippen LogP contribution in [0, 0.1) is 11.8 Å². The Balaban J connectivity index is 0.000000211. The zero-order valence-electron chi connectivity index (χ0n) is 12.6. The highest BCUT2D eigenvalue weighted by Crippen LogP contribution is 2.28. The molecule has 0 heterocycles. The summed E-state index contributed by atoms with van der Waals surface area (Å²) < 4.78 is 0. The van der Waals surface area contributed by atoms with E-state index in [0.717, 1.165) is 12.8 Å². The highest BCUT2D eigenvalue weighted by molar-refractivity contribution is 5.67. The Kier molecular flexibility index (Phi) is 7.48. The molecule has 1 aromatic carbocycles. The zero-order valence-corrected chi connectivity index (χ0v) is 12.6. The molecule has 0 aromatic heterocycles. The van der Waals surface area contributed by atoms with Gasteiger partial charge in [-0.05, 0) is 37.2 Å². The number of nitrogens with two attached hydrogens (primary N) is 1. The predicted octanol–water partition coefficient (Wildman–Crippen LogP) is 3.42. The average molecular weight is 287 g/mol. The van der Waals surface area contributed by atoms with E-state index in [1.165, 1.54) is 5.56 Å². The fraction of sp³-hybridized carbons (Fsp3) is 0.389. The van der Waals surface area contributed by atoms with Gasteiger partial charge >= 0.3 is 5.97 Å². The molecule has 1 aromatic rings. The van der Waals surface area contributed by atoms with E-state index in [9.17, 15) is 4.79 Å². The first kappa shape index (κ1) is 17.2. The first-order valence-corrected chi connectivity index (χ1v) is 7.33. The summed E-state index contributed by atoms with van der Waals surface area (Å²) in [6.45, 7) is 5.69. The van der Waals surface area contributed by atoms with Gasteiger partial charge in [-0.15, -0.1) is 6.58 Å². The van der Waals surface area contributed by atoms with Crippen LogP contribution in [0.25, 0.3) is 0 Å². The normalized spacial score (nSPS) is 21.2. The Morgan fingerprint density at radius 2 is 2.14 bits per heavy atom. The lowest BCUT2D eigenvalue weighted by Gasteiger charge is -2.11. The third-order valence-corrected chi connectivity index (χ3v) is 3.46. The molecule has 0 aliphatic heterocycles. The number of carboxylic acid groups (broad SMARTS) is 1. The second-order valence-corrected chi connectivity index (χ2v) is 5.49. The number of carboxylic acids is 1. The highest BCUT2D eigenvalue weighted by atomic mass is 16.4. The Bertz CT molecular complexity index is 465. The fourth-order valence-corrected chi connectivity index (χ4v) is 2.41. The van der Waals surface area contributed by atoms with Crippen molar-refractivity contribution < 1.29 is 9.90 Å². The molecular formula is C18H25NO2. The molecule has 0 saturated carbocycles. The molecule has 1 aliphatic rings. The molecule has 0 bridgehead atoms. The second kappa shape index (κ2) is 9.14. The van der Waals surface area contributed by atoms with Crippen molar-refractivity contribution in [1.82, 2.24) is 0 Å². The van der Waals surface area contributed by atoms with E-state index in [0.29, 0.717) is 5.92 Å². The highest BCUT2D eigenvalue weighted by Gasteiger charge is 2.21. The van der Waals surface area contributed by atoms with Gasteiger partial charge in [0.05, 0.1) is 6.42 Å². The molecule has 0 fully saturated rings. The minimum Gasteiger partial charge on any atom is -0.481 e. The molecule has 1 aliphatic carbocycles. The fourth-order valence-electron chi connectivity index (χ4n) is 2.41. The second-order valence-electron chi connectivity index (χ2n) is 5.49. The van der Waals surface area contributed by atoms with Crippen molar-refractivity contribution in [3.05, 3.63) is 60.7 Å². The van der Waals surface area contributed by atoms with Crippen molar-refractivity contribution in [2.24, 2.45) is 17.6 Å². The van der Waals surface area contributed by atoms with E-state index in [-0.39, 0.29) is 18.4 Å². The van der Waals surface area contributed by atoms with Crippen LogP contribution in [-0.2, 0) is 11.2 Å². The molecule has 3 atom stereocenters. The largest absolute Gasteiger partial charge is 0.481 e. The van der Waals surface area contributed by atoms with Gasteiger partial charge in [0.1, 0.15) is 0 Å². The summed E-state index contributed by atoms with van der Waals surface area (Å²) >= 11 is 0. The number of carbonyl (C=O) groups is 1. The van der Waals surface area contributed by atoms with Gasteiger partial charge in [-0.3, -0.25) is 4.79 Å². The molecule has 1 unspecified atom stereocenters. The van der Waals surface area contributed by atoms with Gasteiger partial charge in [-0.1, -0.05) is 48.6 Å². The van der Waals surface area contributed by atoms with Crippen molar-refractivity contribution in [3.8, 4) is 0 Å². The summed E-state index contributed by atoms with van der Waals surface area (Å²) in [5.41, 5.74) is 6.94. The molecule has 3 heteroatoms. The molecule has 0 amide bonds. The summed E-state index contributed by atoms with van der Waals surface area (Å²) in [5.74, 6) is -0.218. The van der Waals surface area contributed by atoms with Crippen LogP contribution < -0.4 is 5.73 Å². The van der Waals surface area contributed by atoms with E-state index < -0.39 is 5.97 Å². The molecule has 114 valence electrons. The number of hydrogen-bond acceptors (Lipinski definition) is 2. The summed E-state index contributed by atoms with van der Waals surface area (Å²) in [4.78, 5) is 10.3. The van der Waals surface area contributed by atoms with Gasteiger partial charge in [0.25, 0.3) is 0 Å². The van der Waals surface area contributed by atoms with E-state index in [1.54, 1.807) is 0 Å². The Morgan fingerprint density at radius 1 is 1.48 bits per heavy atom. The third-order valence-electron chi connectivity index (χ3n) is 3.46. The lowest BCUT2D eigenvalue weighted by Crippen LogP contribution is -2.17. The smallest absolute Gasteiger partial charge is 0.303 e. The first-order valence-electron chi connectivity index (χ1n) is 7.33. The topological polar surface area (TPSA) is 63.3 Å². The minimum absolute atomic E-state index is 0.171. The maximum atomic E-state index is 10.3. The Morgan fingerprint density at radius 3 is 2.67 bits per heavy atom. The monoisotopic (exact) mass is 287 g/mol. The van der Waals surface area contributed by atoms with Crippen LogP contribution in [0.1, 0.15) is 25.3 Å². The molecule has 0 radical (unpaired) electrons. The van der Waals surface area contributed by atoms with Crippen LogP contribution >= 0.6 is 0 Å². The maximum absolute atomic E-state index is 10.3. The van der Waals surface area contributed by atoms with E-state index in [2.05, 4.69) is 18.7 Å². The summed E-state index contributed by atoms with van der Waals surface area (Å²) in [5, 5.41) is 8.52. The molecule has 0 spiro atoms. The van der Waals surface area contributed by atoms with E-state index in [4.69, 9.17) is 10.8 Å². The lowest BCUT2D eigenvalue weighted by atomic mass is 9.93. The zero-order chi connectivity index (χ0) is 15.7. The third kappa shape index (κ3) is 6.91. The molecule has 21 heavy (non-hydrogen) atoms. The van der Waals surface area contributed by atoms with Crippen molar-refractivity contribution in [2.45, 2.75) is 32.2 Å². The molecular weight excluding hydrogens is 262 g/mol. The Labute approximate surface area is 127 Å². The number of benzene rings is 1. The van der Waals surface area contributed by atoms with Crippen LogP contribution in [0.2, 0.25) is 0 Å². The lowest BCUT2D eigenvalue weighted by molar-refractivity contribution is -0.137. The van der Waals surface area contributed by atoms with Crippen LogP contribution in [0.4, 0.5) is 0 Å². The van der Waals surface area contributed by atoms with Crippen molar-refractivity contribution in [3.63, 3.8) is 0 Å². The van der Waals surface area contributed by atoms with Crippen LogP contribution in [0.15, 0.2) is 55.1 Å². The number of aliphatic carboxylic acids is 1. The SMILES string of the molecule is C=C[C@@H]1CC=C[C@@H]1CC(=O)O.CC(N)Cc1ccccc1. The standard InChI is InChI=1S/C9H13N.C9H12O2/c1-8(10)7-9-5-3-2-4-6-9;1-2-7-4-3-5-8(7)6-9(10)11/h2-6,8H,7,10H2,1H3;2-3,5,7-8H,1,4,6H2,(H,10,11)/t;7-,8-/m.1/s1. The predicted molar refractivity (Wildman–Crippen MR) is 87.0 cm³/mol. The van der Waals surface area contributed by atoms with Gasteiger partial charge in [0, 0.05) is 6.04 Å². The van der Waals surface area contributed by atoms with Crippen molar-refractivity contribution >= 4 is 5.97 Å². The Hall–Kier alpha value is -1.87. The van der Waals surface area contributed by atoms with Crippen molar-refractivity contribution in [1.29, 1.82) is 0 Å². The van der Waals surface area contributed by atoms with E-state index in [1.807, 2.05) is 43.4 Å². The molecule has 3 nitrogen and oxygen atoms in total. The molecule has 2 rings (SSSR count). The van der Waals surface area contributed by atoms with Crippen LogP contribution in [-0.4, -0.2) is 17.1 Å². The molecule has 0 saturated heterocycles. The van der Waals surface area contributed by atoms with Crippen molar-refractivity contribution in [2.75, 3.05) is 0 Å². The number of allylic oxidation sites excluding steroid dienone is 3. The summed E-state index contributed by atoms with van der Waals surface area (Å²) in [7, 11) is 0. The minimum atomic E-state index is -0.728. The van der Waals surface area contributed by atoms with Crippen LogP contribution in [0.5, 0.6) is 0 Å². The summed E-state index contributed by atoms with van der Waals surface area (Å²) in [6, 6.07) is 10.6.